The van der Waals surface area contributed by atoms with E-state index in [1.54, 1.807) is 13.8 Å². The first-order valence-electron chi connectivity index (χ1n) is 20.9. The molecule has 2 saturated carbocycles. The van der Waals surface area contributed by atoms with E-state index in [0.717, 1.165) is 0 Å². The smallest absolute Gasteiger partial charge is 0.336 e. The molecule has 1 aromatic rings. The average molecular weight is 830 g/mol. The molecule has 18 nitrogen and oxygen atoms in total. The number of aliphatic carboxylic acids is 3. The van der Waals surface area contributed by atoms with Crippen LogP contribution >= 0.6 is 0 Å². The van der Waals surface area contributed by atoms with Crippen molar-refractivity contribution in [2.75, 3.05) is 19.8 Å². The van der Waals surface area contributed by atoms with Gasteiger partial charge in [-0.05, 0) is 38.5 Å². The van der Waals surface area contributed by atoms with Gasteiger partial charge >= 0.3 is 52.9 Å². The van der Waals surface area contributed by atoms with Gasteiger partial charge < -0.3 is 29.5 Å². The van der Waals surface area contributed by atoms with Crippen LogP contribution in [0.1, 0.15) is 126 Å². The lowest BCUT2D eigenvalue weighted by Gasteiger charge is -2.26. The predicted molar refractivity (Wildman–Crippen MR) is 212 cm³/mol. The van der Waals surface area contributed by atoms with Crippen LogP contribution in [0.25, 0.3) is 0 Å². The third kappa shape index (κ3) is 15.2. The Kier molecular flexibility index (Phi) is 26.2. The summed E-state index contributed by atoms with van der Waals surface area (Å²) in [4.78, 5) is 114. The van der Waals surface area contributed by atoms with Gasteiger partial charge in [0.2, 0.25) is 0 Å². The molecule has 0 aliphatic heterocycles. The first kappa shape index (κ1) is 53.2. The predicted octanol–water partition coefficient (Wildman–Crippen LogP) is 4.19. The molecule has 0 saturated heterocycles. The van der Waals surface area contributed by atoms with Crippen molar-refractivity contribution < 1.29 is 58.3 Å². The Morgan fingerprint density at radius 1 is 0.552 bits per heavy atom. The van der Waals surface area contributed by atoms with Gasteiger partial charge in [0.15, 0.2) is 0 Å². The zero-order valence-electron chi connectivity index (χ0n) is 35.6. The number of hydrogen-bond acceptors (Lipinski definition) is 12. The van der Waals surface area contributed by atoms with Crippen molar-refractivity contribution in [1.29, 1.82) is 0 Å². The van der Waals surface area contributed by atoms with Crippen molar-refractivity contribution in [3.63, 3.8) is 0 Å². The van der Waals surface area contributed by atoms with Gasteiger partial charge in [0.05, 0.1) is 55.1 Å². The molecule has 6 unspecified atom stereocenters. The second-order valence-electron chi connectivity index (χ2n) is 13.2. The summed E-state index contributed by atoms with van der Waals surface area (Å²) >= 11 is 0. The topological polar surface area (TPSA) is 257 Å². The van der Waals surface area contributed by atoms with Gasteiger partial charge in [-0.2, -0.15) is 0 Å². The molecule has 0 amide bonds. The Balaban J connectivity index is 0.00000516. The summed E-state index contributed by atoms with van der Waals surface area (Å²) in [6.45, 7) is 12.2. The molecule has 3 rings (SSSR count). The Morgan fingerprint density at radius 3 is 1.17 bits per heavy atom. The number of hydrogen-bond donors (Lipinski definition) is 3. The standard InChI is InChI=1S/C34H49N3O15.3C2H6/c1-3-9-21(26(38)39)20(4-2)29(44)50-17-14-35-32(47)36(15-18-51-30(45)24-12-7-5-10-22(24)27(40)41)34(49)37(33(35)48)16-19-52-31(46)25-13-8-6-11-23(25)28(42)43;3*1-2/h20-25H,3-19H2,1-2H3,(H,38,39)(H,40,41)(H,42,43);3*1-2H3. The lowest BCUT2D eigenvalue weighted by Crippen LogP contribution is -2.55. The van der Waals surface area contributed by atoms with Gasteiger partial charge in [-0.1, -0.05) is 87.5 Å². The van der Waals surface area contributed by atoms with Gasteiger partial charge in [0.1, 0.15) is 19.8 Å². The van der Waals surface area contributed by atoms with Crippen LogP contribution in [0.15, 0.2) is 14.4 Å². The van der Waals surface area contributed by atoms with Gasteiger partial charge in [0, 0.05) is 0 Å². The number of carboxylic acid groups (broad SMARTS) is 3. The maximum atomic E-state index is 13.5. The molecule has 6 atom stereocenters. The molecule has 1 heterocycles. The van der Waals surface area contributed by atoms with Crippen molar-refractivity contribution in [2.45, 2.75) is 146 Å². The fourth-order valence-electron chi connectivity index (χ4n) is 7.13. The Labute approximate surface area is 339 Å². The molecule has 332 valence electrons. The average Bonchev–Trinajstić information content (AvgIpc) is 3.23. The number of rotatable bonds is 19. The summed E-state index contributed by atoms with van der Waals surface area (Å²) in [7, 11) is 0. The highest BCUT2D eigenvalue weighted by molar-refractivity contribution is 5.82. The third-order valence-corrected chi connectivity index (χ3v) is 9.98. The summed E-state index contributed by atoms with van der Waals surface area (Å²) in [5.41, 5.74) is -3.40. The van der Waals surface area contributed by atoms with Crippen LogP contribution in [0.3, 0.4) is 0 Å². The largest absolute Gasteiger partial charge is 0.481 e. The Bertz CT molecular complexity index is 1560. The van der Waals surface area contributed by atoms with Crippen LogP contribution in [0.5, 0.6) is 0 Å². The minimum atomic E-state index is -1.16. The van der Waals surface area contributed by atoms with E-state index in [0.29, 0.717) is 71.5 Å². The third-order valence-electron chi connectivity index (χ3n) is 9.98. The first-order valence-corrected chi connectivity index (χ1v) is 20.9. The van der Waals surface area contributed by atoms with Gasteiger partial charge in [-0.25, -0.2) is 28.1 Å². The first-order chi connectivity index (χ1) is 27.7. The molecule has 0 spiro atoms. The Hall–Kier alpha value is -4.77. The Morgan fingerprint density at radius 2 is 0.879 bits per heavy atom. The molecular weight excluding hydrogens is 762 g/mol. The summed E-state index contributed by atoms with van der Waals surface area (Å²) in [6, 6.07) is 0. The van der Waals surface area contributed by atoms with Crippen LogP contribution in [0, 0.1) is 35.5 Å². The normalized spacial score (nSPS) is 19.4. The highest BCUT2D eigenvalue weighted by atomic mass is 16.5. The maximum Gasteiger partial charge on any atom is 0.336 e. The van der Waals surface area contributed by atoms with E-state index in [2.05, 4.69) is 0 Å². The van der Waals surface area contributed by atoms with E-state index < -0.39 is 128 Å². The molecule has 3 N–H and O–H groups in total. The van der Waals surface area contributed by atoms with Crippen molar-refractivity contribution in [1.82, 2.24) is 13.7 Å². The van der Waals surface area contributed by atoms with Gasteiger partial charge in [-0.15, -0.1) is 0 Å². The number of nitrogens with zero attached hydrogens (tertiary/aromatic N) is 3. The van der Waals surface area contributed by atoms with Crippen molar-refractivity contribution >= 4 is 35.8 Å². The van der Waals surface area contributed by atoms with Crippen molar-refractivity contribution in [2.24, 2.45) is 35.5 Å². The lowest BCUT2D eigenvalue weighted by molar-refractivity contribution is -0.160. The molecule has 58 heavy (non-hydrogen) atoms. The van der Waals surface area contributed by atoms with E-state index in [1.807, 2.05) is 41.5 Å². The number of ether oxygens (including phenoxy) is 3. The van der Waals surface area contributed by atoms with Gasteiger partial charge in [0.25, 0.3) is 0 Å². The maximum absolute atomic E-state index is 13.5. The van der Waals surface area contributed by atoms with Crippen LogP contribution in [-0.4, -0.2) is 84.7 Å². The zero-order chi connectivity index (χ0) is 44.5. The van der Waals surface area contributed by atoms with Crippen LogP contribution in [0.2, 0.25) is 0 Å². The van der Waals surface area contributed by atoms with Gasteiger partial charge in [-0.3, -0.25) is 28.8 Å². The fraction of sp³-hybridized carbons (Fsp3) is 0.775. The number of carbonyl (C=O) groups is 6. The van der Waals surface area contributed by atoms with E-state index in [-0.39, 0.29) is 12.8 Å². The van der Waals surface area contributed by atoms with Crippen LogP contribution in [-0.2, 0) is 62.6 Å². The van der Waals surface area contributed by atoms with Crippen LogP contribution in [0.4, 0.5) is 0 Å². The summed E-state index contributed by atoms with van der Waals surface area (Å²) in [5.74, 6) is -11.6. The number of aromatic nitrogens is 3. The molecule has 2 fully saturated rings. The number of esters is 3. The second-order valence-corrected chi connectivity index (χ2v) is 13.2. The summed E-state index contributed by atoms with van der Waals surface area (Å²) in [5, 5.41) is 28.6. The molecule has 0 bridgehead atoms. The second kappa shape index (κ2) is 28.6. The lowest BCUT2D eigenvalue weighted by atomic mass is 9.79. The van der Waals surface area contributed by atoms with E-state index in [9.17, 15) is 58.5 Å². The molecule has 1 aromatic heterocycles. The number of carboxylic acids is 3. The monoisotopic (exact) mass is 829 g/mol. The molecule has 18 heteroatoms. The highest BCUT2D eigenvalue weighted by Gasteiger charge is 2.38. The van der Waals surface area contributed by atoms with Crippen LogP contribution < -0.4 is 17.1 Å². The van der Waals surface area contributed by atoms with Crippen molar-refractivity contribution in [3.8, 4) is 0 Å². The number of carbonyl (C=O) groups excluding carboxylic acids is 3. The molecule has 2 aliphatic carbocycles. The minimum absolute atomic E-state index is 0.160. The summed E-state index contributed by atoms with van der Waals surface area (Å²) in [6.07, 6.45) is 4.60. The van der Waals surface area contributed by atoms with Crippen molar-refractivity contribution in [3.05, 3.63) is 31.5 Å². The molecular formula is C40H67N3O15. The molecule has 2 aliphatic rings. The SMILES string of the molecule is CC.CC.CC.CCCC(C(=O)O)C(CC)C(=O)OCCn1c(=O)n(CCOC(=O)C2CCCCC2C(=O)O)c(=O)n(CCOC(=O)C2CCCCC2C(=O)O)c1=O. The van der Waals surface area contributed by atoms with E-state index in [1.165, 1.54) is 0 Å². The summed E-state index contributed by atoms with van der Waals surface area (Å²) < 4.78 is 17.6. The minimum Gasteiger partial charge on any atom is -0.481 e. The fourth-order valence-corrected chi connectivity index (χ4v) is 7.13. The highest BCUT2D eigenvalue weighted by Crippen LogP contribution is 2.32. The van der Waals surface area contributed by atoms with E-state index in [4.69, 9.17) is 14.2 Å². The molecule has 0 aromatic carbocycles. The van der Waals surface area contributed by atoms with E-state index >= 15 is 0 Å². The zero-order valence-corrected chi connectivity index (χ0v) is 35.6. The molecule has 0 radical (unpaired) electrons. The quantitative estimate of drug-likeness (QED) is 0.131.